The fraction of sp³-hybridized carbons (Fsp3) is 0.444. The van der Waals surface area contributed by atoms with Gasteiger partial charge in [-0.05, 0) is 68.0 Å². The van der Waals surface area contributed by atoms with E-state index in [0.29, 0.717) is 5.92 Å². The Hall–Kier alpha value is -2.15. The van der Waals surface area contributed by atoms with Gasteiger partial charge in [0.15, 0.2) is 11.6 Å². The maximum absolute atomic E-state index is 12.5. The van der Waals surface area contributed by atoms with Crippen molar-refractivity contribution in [3.05, 3.63) is 41.5 Å². The summed E-state index contributed by atoms with van der Waals surface area (Å²) in [4.78, 5) is 2.43. The molecule has 2 heterocycles. The van der Waals surface area contributed by atoms with E-state index in [1.807, 2.05) is 19.9 Å². The first-order valence-electron chi connectivity index (χ1n) is 8.54. The van der Waals surface area contributed by atoms with E-state index >= 15 is 0 Å². The number of sulfonamides is 1. The van der Waals surface area contributed by atoms with Gasteiger partial charge in [-0.25, -0.2) is 8.42 Å². The van der Waals surface area contributed by atoms with Gasteiger partial charge in [-0.1, -0.05) is 13.0 Å². The van der Waals surface area contributed by atoms with Gasteiger partial charge in [0.1, 0.15) is 0 Å². The van der Waals surface area contributed by atoms with E-state index < -0.39 is 10.0 Å². The van der Waals surface area contributed by atoms with Crippen LogP contribution in [0.15, 0.2) is 35.2 Å². The van der Waals surface area contributed by atoms with E-state index in [1.165, 1.54) is 6.42 Å². The number of rotatable bonds is 4. The summed E-state index contributed by atoms with van der Waals surface area (Å²) in [5.41, 5.74) is 1.99. The third-order valence-electron chi connectivity index (χ3n) is 4.66. The molecule has 1 N–H and O–H groups in total. The quantitative estimate of drug-likeness (QED) is 0.907. The molecule has 1 saturated heterocycles. The fourth-order valence-electron chi connectivity index (χ4n) is 3.02. The lowest BCUT2D eigenvalue weighted by Gasteiger charge is -2.31. The summed E-state index contributed by atoms with van der Waals surface area (Å²) in [6.45, 7) is 7.99. The summed E-state index contributed by atoms with van der Waals surface area (Å²) in [5.74, 6) is 1.66. The van der Waals surface area contributed by atoms with Crippen molar-refractivity contribution in [2.24, 2.45) is 5.92 Å². The van der Waals surface area contributed by atoms with E-state index in [0.717, 1.165) is 36.5 Å². The molecule has 134 valence electrons. The summed E-state index contributed by atoms with van der Waals surface area (Å²) in [5, 5.41) is 8.24. The highest BCUT2D eigenvalue weighted by Crippen LogP contribution is 2.22. The van der Waals surface area contributed by atoms with Gasteiger partial charge < -0.3 is 4.90 Å². The van der Waals surface area contributed by atoms with Crippen molar-refractivity contribution in [3.63, 3.8) is 0 Å². The third kappa shape index (κ3) is 4.10. The molecule has 0 saturated carbocycles. The number of nitrogens with zero attached hydrogens (tertiary/aromatic N) is 3. The number of benzene rings is 1. The van der Waals surface area contributed by atoms with Crippen LogP contribution in [0.1, 0.15) is 30.9 Å². The Morgan fingerprint density at radius 3 is 2.56 bits per heavy atom. The van der Waals surface area contributed by atoms with Crippen molar-refractivity contribution in [2.75, 3.05) is 22.7 Å². The largest absolute Gasteiger partial charge is 0.355 e. The smallest absolute Gasteiger partial charge is 0.263 e. The molecule has 6 nitrogen and oxygen atoms in total. The molecule has 2 aromatic rings. The zero-order chi connectivity index (χ0) is 18.0. The zero-order valence-corrected chi connectivity index (χ0v) is 15.7. The van der Waals surface area contributed by atoms with Crippen LogP contribution in [0.25, 0.3) is 0 Å². The van der Waals surface area contributed by atoms with Crippen LogP contribution in [0.2, 0.25) is 0 Å². The summed E-state index contributed by atoms with van der Waals surface area (Å²) in [6, 6.07) is 8.55. The summed E-state index contributed by atoms with van der Waals surface area (Å²) >= 11 is 0. The number of hydrogen-bond donors (Lipinski definition) is 1. The van der Waals surface area contributed by atoms with Crippen molar-refractivity contribution in [2.45, 2.75) is 38.5 Å². The number of nitrogens with one attached hydrogen (secondary N) is 1. The van der Waals surface area contributed by atoms with E-state index in [9.17, 15) is 8.42 Å². The second-order valence-electron chi connectivity index (χ2n) is 6.82. The number of piperidine rings is 1. The second kappa shape index (κ2) is 7.00. The molecule has 0 spiro atoms. The molecule has 25 heavy (non-hydrogen) atoms. The average Bonchev–Trinajstić information content (AvgIpc) is 2.57. The van der Waals surface area contributed by atoms with Crippen LogP contribution in [0.5, 0.6) is 0 Å². The summed E-state index contributed by atoms with van der Waals surface area (Å²) in [7, 11) is -3.67. The molecule has 1 aliphatic heterocycles. The molecular formula is C18H24N4O2S. The molecule has 1 aromatic carbocycles. The Bertz CT molecular complexity index is 850. The second-order valence-corrected chi connectivity index (χ2v) is 8.50. The molecule has 1 fully saturated rings. The molecule has 1 aliphatic rings. The highest BCUT2D eigenvalue weighted by molar-refractivity contribution is 7.92. The number of hydrogen-bond acceptors (Lipinski definition) is 5. The summed E-state index contributed by atoms with van der Waals surface area (Å²) < 4.78 is 27.5. The van der Waals surface area contributed by atoms with Crippen LogP contribution in [0.3, 0.4) is 0 Å². The maximum atomic E-state index is 12.5. The highest BCUT2D eigenvalue weighted by Gasteiger charge is 2.19. The van der Waals surface area contributed by atoms with Gasteiger partial charge in [0, 0.05) is 13.1 Å². The van der Waals surface area contributed by atoms with Crippen molar-refractivity contribution < 1.29 is 8.42 Å². The minimum absolute atomic E-state index is 0.228. The van der Waals surface area contributed by atoms with Crippen LogP contribution in [0.4, 0.5) is 11.6 Å². The van der Waals surface area contributed by atoms with Crippen LogP contribution in [-0.4, -0.2) is 31.7 Å². The van der Waals surface area contributed by atoms with Crippen molar-refractivity contribution in [3.8, 4) is 0 Å². The van der Waals surface area contributed by atoms with Gasteiger partial charge in [0.2, 0.25) is 0 Å². The molecular weight excluding hydrogens is 336 g/mol. The van der Waals surface area contributed by atoms with Gasteiger partial charge in [-0.15, -0.1) is 10.2 Å². The normalized spacial score (nSPS) is 18.2. The van der Waals surface area contributed by atoms with Gasteiger partial charge in [0.05, 0.1) is 4.90 Å². The predicted octanol–water partition coefficient (Wildman–Crippen LogP) is 3.13. The first-order valence-corrected chi connectivity index (χ1v) is 10.0. The Morgan fingerprint density at radius 1 is 1.12 bits per heavy atom. The third-order valence-corrected chi connectivity index (χ3v) is 6.01. The van der Waals surface area contributed by atoms with E-state index in [-0.39, 0.29) is 10.7 Å². The van der Waals surface area contributed by atoms with Crippen LogP contribution in [0, 0.1) is 19.8 Å². The molecule has 1 atom stereocenters. The van der Waals surface area contributed by atoms with Crippen molar-refractivity contribution >= 4 is 21.7 Å². The Balaban J connectivity index is 1.75. The number of anilines is 2. The lowest BCUT2D eigenvalue weighted by Crippen LogP contribution is -2.34. The Kier molecular flexibility index (Phi) is 4.94. The average molecular weight is 360 g/mol. The minimum Gasteiger partial charge on any atom is -0.355 e. The Morgan fingerprint density at radius 2 is 1.92 bits per heavy atom. The van der Waals surface area contributed by atoms with Crippen LogP contribution in [-0.2, 0) is 10.0 Å². The lowest BCUT2D eigenvalue weighted by molar-refractivity contribution is 0.444. The van der Waals surface area contributed by atoms with Crippen molar-refractivity contribution in [1.29, 1.82) is 0 Å². The molecule has 0 radical (unpaired) electrons. The lowest BCUT2D eigenvalue weighted by atomic mass is 10.0. The number of aryl methyl sites for hydroxylation is 2. The monoisotopic (exact) mass is 360 g/mol. The molecule has 0 bridgehead atoms. The van der Waals surface area contributed by atoms with Crippen LogP contribution < -0.4 is 9.62 Å². The van der Waals surface area contributed by atoms with Gasteiger partial charge in [-0.3, -0.25) is 4.72 Å². The van der Waals surface area contributed by atoms with Crippen molar-refractivity contribution in [1.82, 2.24) is 10.2 Å². The topological polar surface area (TPSA) is 75.2 Å². The van der Waals surface area contributed by atoms with Gasteiger partial charge in [-0.2, -0.15) is 0 Å². The first-order chi connectivity index (χ1) is 11.8. The van der Waals surface area contributed by atoms with Gasteiger partial charge >= 0.3 is 0 Å². The minimum atomic E-state index is -3.67. The fourth-order valence-corrected chi connectivity index (χ4v) is 4.10. The maximum Gasteiger partial charge on any atom is 0.263 e. The zero-order valence-electron chi connectivity index (χ0n) is 14.9. The van der Waals surface area contributed by atoms with Gasteiger partial charge in [0.25, 0.3) is 10.0 Å². The van der Waals surface area contributed by atoms with E-state index in [2.05, 4.69) is 26.7 Å². The molecule has 1 unspecified atom stereocenters. The SMILES string of the molecule is Cc1ccc(S(=O)(=O)Nc2ccc(N3CCCC(C)C3)nn2)cc1C. The molecule has 3 rings (SSSR count). The highest BCUT2D eigenvalue weighted by atomic mass is 32.2. The number of aromatic nitrogens is 2. The van der Waals surface area contributed by atoms with E-state index in [4.69, 9.17) is 0 Å². The molecule has 7 heteroatoms. The predicted molar refractivity (Wildman–Crippen MR) is 99.4 cm³/mol. The van der Waals surface area contributed by atoms with E-state index in [1.54, 1.807) is 24.3 Å². The first kappa shape index (κ1) is 17.7. The summed E-state index contributed by atoms with van der Waals surface area (Å²) in [6.07, 6.45) is 2.38. The Labute approximate surface area is 149 Å². The van der Waals surface area contributed by atoms with Crippen LogP contribution >= 0.6 is 0 Å². The molecule has 1 aromatic heterocycles. The standard InChI is InChI=1S/C18H24N4O2S/c1-13-5-4-10-22(12-13)18-9-8-17(19-20-18)21-25(23,24)16-7-6-14(2)15(3)11-16/h6-9,11,13H,4-5,10,12H2,1-3H3,(H,19,21). The molecule has 0 amide bonds. The molecule has 0 aliphatic carbocycles.